The largest absolute Gasteiger partial charge is 0.308 e. The SMILES string of the molecule is c1ccc(-c2ccc(-c3cc(-n4c5ccc6ccccc6c5c5cccc(-c6ccc7c(c6)Sc6ccccc6N7c6ccccc6)c54)nc(-c4ccccc4)n3)cc2)cc1. The Bertz CT molecular complexity index is 3430. The second kappa shape index (κ2) is 14.5. The summed E-state index contributed by atoms with van der Waals surface area (Å²) in [7, 11) is 0. The minimum absolute atomic E-state index is 0.679. The second-order valence-corrected chi connectivity index (χ2v) is 16.5. The van der Waals surface area contributed by atoms with Crippen molar-refractivity contribution in [3.05, 3.63) is 218 Å². The van der Waals surface area contributed by atoms with E-state index >= 15 is 0 Å². The molecule has 12 rings (SSSR count). The van der Waals surface area contributed by atoms with Crippen LogP contribution < -0.4 is 4.90 Å². The molecule has 0 unspecified atom stereocenters. The fraction of sp³-hybridized carbons (Fsp3) is 0. The molecule has 0 saturated carbocycles. The van der Waals surface area contributed by atoms with E-state index in [0.29, 0.717) is 5.82 Å². The number of rotatable bonds is 6. The average Bonchev–Trinajstić information content (AvgIpc) is 3.69. The van der Waals surface area contributed by atoms with Gasteiger partial charge in [-0.3, -0.25) is 4.57 Å². The second-order valence-electron chi connectivity index (χ2n) is 15.4. The first-order chi connectivity index (χ1) is 30.2. The molecule has 4 nitrogen and oxygen atoms in total. The molecule has 1 aliphatic heterocycles. The summed E-state index contributed by atoms with van der Waals surface area (Å²) >= 11 is 1.83. The predicted octanol–water partition coefficient (Wildman–Crippen LogP) is 15.3. The summed E-state index contributed by atoms with van der Waals surface area (Å²) in [6, 6.07) is 78.0. The van der Waals surface area contributed by atoms with Gasteiger partial charge in [0.2, 0.25) is 0 Å². The summed E-state index contributed by atoms with van der Waals surface area (Å²) < 4.78 is 2.38. The van der Waals surface area contributed by atoms with Gasteiger partial charge in [0.1, 0.15) is 5.82 Å². The summed E-state index contributed by atoms with van der Waals surface area (Å²) in [6.45, 7) is 0. The molecular weight excluding hydrogens is 761 g/mol. The highest BCUT2D eigenvalue weighted by Gasteiger charge is 2.26. The Kier molecular flexibility index (Phi) is 8.39. The van der Waals surface area contributed by atoms with Crippen molar-refractivity contribution in [1.82, 2.24) is 14.5 Å². The van der Waals surface area contributed by atoms with Crippen LogP contribution in [0.15, 0.2) is 228 Å². The maximum absolute atomic E-state index is 5.43. The van der Waals surface area contributed by atoms with Gasteiger partial charge in [0.15, 0.2) is 5.82 Å². The minimum Gasteiger partial charge on any atom is -0.308 e. The molecule has 1 aliphatic rings. The van der Waals surface area contributed by atoms with Gasteiger partial charge in [0.25, 0.3) is 0 Å². The molecule has 0 radical (unpaired) electrons. The zero-order valence-electron chi connectivity index (χ0n) is 33.0. The molecule has 0 saturated heterocycles. The van der Waals surface area contributed by atoms with Crippen molar-refractivity contribution < 1.29 is 0 Å². The lowest BCUT2D eigenvalue weighted by molar-refractivity contribution is 1.05. The summed E-state index contributed by atoms with van der Waals surface area (Å²) in [5.41, 5.74) is 13.2. The van der Waals surface area contributed by atoms with Crippen LogP contribution in [-0.2, 0) is 0 Å². The first-order valence-electron chi connectivity index (χ1n) is 20.6. The Balaban J connectivity index is 1.10. The molecule has 286 valence electrons. The van der Waals surface area contributed by atoms with Gasteiger partial charge in [0.05, 0.1) is 28.1 Å². The standard InChI is InChI=1S/C56H36N4S/c1-4-15-37(16-5-1)38-27-29-40(30-28-38)47-36-53(58-56(57-47)41-18-6-2-7-19-41)60-50-34-31-39-17-10-11-22-44(39)54(50)46-24-14-23-45(55(46)60)42-32-33-49-52(35-42)61-51-26-13-12-25-48(51)59(49)43-20-8-3-9-21-43/h1-36H. The van der Waals surface area contributed by atoms with Gasteiger partial charge in [0, 0.05) is 49.0 Å². The van der Waals surface area contributed by atoms with E-state index in [-0.39, 0.29) is 0 Å². The van der Waals surface area contributed by atoms with Crippen LogP contribution in [0.1, 0.15) is 0 Å². The van der Waals surface area contributed by atoms with Crippen molar-refractivity contribution in [1.29, 1.82) is 0 Å². The van der Waals surface area contributed by atoms with Gasteiger partial charge in [-0.25, -0.2) is 9.97 Å². The third-order valence-electron chi connectivity index (χ3n) is 11.8. The molecule has 5 heteroatoms. The fourth-order valence-corrected chi connectivity index (χ4v) is 10.1. The summed E-state index contributed by atoms with van der Waals surface area (Å²) in [5, 5.41) is 4.81. The molecule has 11 aromatic rings. The van der Waals surface area contributed by atoms with Gasteiger partial charge < -0.3 is 4.90 Å². The van der Waals surface area contributed by atoms with E-state index in [9.17, 15) is 0 Å². The van der Waals surface area contributed by atoms with Crippen LogP contribution >= 0.6 is 11.8 Å². The van der Waals surface area contributed by atoms with Gasteiger partial charge in [-0.2, -0.15) is 0 Å². The normalized spacial score (nSPS) is 12.2. The van der Waals surface area contributed by atoms with Gasteiger partial charge in [-0.15, -0.1) is 0 Å². The van der Waals surface area contributed by atoms with Crippen molar-refractivity contribution in [3.8, 4) is 50.7 Å². The van der Waals surface area contributed by atoms with Crippen LogP contribution in [0.2, 0.25) is 0 Å². The maximum Gasteiger partial charge on any atom is 0.162 e. The number of hydrogen-bond donors (Lipinski definition) is 0. The Morgan fingerprint density at radius 2 is 1.05 bits per heavy atom. The van der Waals surface area contributed by atoms with Crippen LogP contribution in [0.25, 0.3) is 83.3 Å². The number of para-hydroxylation sites is 3. The molecule has 0 atom stereocenters. The zero-order valence-corrected chi connectivity index (χ0v) is 33.8. The third kappa shape index (κ3) is 6.01. The lowest BCUT2D eigenvalue weighted by Crippen LogP contribution is -2.14. The minimum atomic E-state index is 0.679. The Labute approximate surface area is 358 Å². The quantitative estimate of drug-likeness (QED) is 0.168. The molecule has 61 heavy (non-hydrogen) atoms. The van der Waals surface area contributed by atoms with Crippen molar-refractivity contribution in [2.45, 2.75) is 9.79 Å². The van der Waals surface area contributed by atoms with E-state index in [4.69, 9.17) is 9.97 Å². The van der Waals surface area contributed by atoms with E-state index < -0.39 is 0 Å². The summed E-state index contributed by atoms with van der Waals surface area (Å²) in [5.74, 6) is 1.49. The molecule has 0 fully saturated rings. The predicted molar refractivity (Wildman–Crippen MR) is 254 cm³/mol. The van der Waals surface area contributed by atoms with E-state index in [2.05, 4.69) is 222 Å². The molecule has 2 aromatic heterocycles. The van der Waals surface area contributed by atoms with E-state index in [1.807, 2.05) is 17.8 Å². The Hall–Kier alpha value is -7.73. The van der Waals surface area contributed by atoms with Crippen LogP contribution in [0.4, 0.5) is 17.1 Å². The first kappa shape index (κ1) is 35.2. The average molecular weight is 797 g/mol. The molecule has 0 bridgehead atoms. The number of nitrogens with zero attached hydrogens (tertiary/aromatic N) is 4. The molecular formula is C56H36N4S. The van der Waals surface area contributed by atoms with E-state index in [1.54, 1.807) is 0 Å². The summed E-state index contributed by atoms with van der Waals surface area (Å²) in [6.07, 6.45) is 0. The third-order valence-corrected chi connectivity index (χ3v) is 12.9. The van der Waals surface area contributed by atoms with Crippen LogP contribution in [-0.4, -0.2) is 14.5 Å². The molecule has 0 N–H and O–H groups in total. The van der Waals surface area contributed by atoms with Crippen LogP contribution in [0.5, 0.6) is 0 Å². The molecule has 0 amide bonds. The fourth-order valence-electron chi connectivity index (χ4n) is 8.96. The summed E-state index contributed by atoms with van der Waals surface area (Å²) in [4.78, 5) is 15.5. The van der Waals surface area contributed by atoms with Crippen molar-refractivity contribution in [2.75, 3.05) is 4.90 Å². The van der Waals surface area contributed by atoms with Gasteiger partial charge >= 0.3 is 0 Å². The number of anilines is 3. The topological polar surface area (TPSA) is 34.0 Å². The Morgan fingerprint density at radius 1 is 0.410 bits per heavy atom. The lowest BCUT2D eigenvalue weighted by Gasteiger charge is -2.33. The number of hydrogen-bond acceptors (Lipinski definition) is 4. The lowest BCUT2D eigenvalue weighted by atomic mass is 9.99. The van der Waals surface area contributed by atoms with Crippen molar-refractivity contribution in [3.63, 3.8) is 0 Å². The molecule has 0 aliphatic carbocycles. The maximum atomic E-state index is 5.43. The molecule has 3 heterocycles. The Morgan fingerprint density at radius 3 is 1.87 bits per heavy atom. The van der Waals surface area contributed by atoms with Crippen molar-refractivity contribution >= 4 is 61.4 Å². The highest BCUT2D eigenvalue weighted by Crippen LogP contribution is 2.53. The highest BCUT2D eigenvalue weighted by atomic mass is 32.2. The zero-order chi connectivity index (χ0) is 40.3. The monoisotopic (exact) mass is 796 g/mol. The van der Waals surface area contributed by atoms with E-state index in [0.717, 1.165) is 50.5 Å². The number of aromatic nitrogens is 3. The molecule has 0 spiro atoms. The van der Waals surface area contributed by atoms with Gasteiger partial charge in [-0.1, -0.05) is 182 Å². The first-order valence-corrected chi connectivity index (χ1v) is 21.4. The highest BCUT2D eigenvalue weighted by molar-refractivity contribution is 7.99. The van der Waals surface area contributed by atoms with Crippen LogP contribution in [0, 0.1) is 0 Å². The smallest absolute Gasteiger partial charge is 0.162 e. The molecule has 9 aromatic carbocycles. The van der Waals surface area contributed by atoms with Crippen molar-refractivity contribution in [2.24, 2.45) is 0 Å². The van der Waals surface area contributed by atoms with Gasteiger partial charge in [-0.05, 0) is 69.9 Å². The van der Waals surface area contributed by atoms with E-state index in [1.165, 1.54) is 53.8 Å². The van der Waals surface area contributed by atoms with Crippen LogP contribution in [0.3, 0.4) is 0 Å². The number of benzene rings is 9. The number of fused-ring (bicyclic) bond motifs is 7.